The maximum absolute atomic E-state index is 12.2. The predicted molar refractivity (Wildman–Crippen MR) is 73.2 cm³/mol. The Morgan fingerprint density at radius 1 is 1.22 bits per heavy atom. The lowest BCUT2D eigenvalue weighted by molar-refractivity contribution is 0.0990. The van der Waals surface area contributed by atoms with Gasteiger partial charge in [0.05, 0.1) is 12.8 Å². The third-order valence-corrected chi connectivity index (χ3v) is 3.44. The number of carbonyl (C=O) groups excluding carboxylic acids is 1. The molecule has 0 aliphatic rings. The van der Waals surface area contributed by atoms with E-state index in [1.807, 2.05) is 18.2 Å². The summed E-state index contributed by atoms with van der Waals surface area (Å²) in [6.45, 7) is 0. The molecule has 0 fully saturated rings. The zero-order valence-electron chi connectivity index (χ0n) is 9.84. The third-order valence-electron chi connectivity index (χ3n) is 2.55. The first kappa shape index (κ1) is 12.8. The molecule has 1 atom stereocenters. The smallest absolute Gasteiger partial charge is 0.182 e. The number of benzene rings is 1. The Hall–Kier alpha value is -1.68. The van der Waals surface area contributed by atoms with Crippen LogP contribution in [0.1, 0.15) is 20.9 Å². The summed E-state index contributed by atoms with van der Waals surface area (Å²) in [7, 11) is 1.60. The molecule has 0 aliphatic carbocycles. The van der Waals surface area contributed by atoms with Crippen molar-refractivity contribution in [1.82, 2.24) is 4.98 Å². The molecule has 3 nitrogen and oxygen atoms in total. The number of methoxy groups -OCH3 is 1. The van der Waals surface area contributed by atoms with Crippen LogP contribution in [-0.2, 0) is 0 Å². The Morgan fingerprint density at radius 2 is 1.94 bits per heavy atom. The molecule has 2 rings (SSSR count). The van der Waals surface area contributed by atoms with E-state index in [4.69, 9.17) is 4.74 Å². The molecule has 2 aromatic rings. The van der Waals surface area contributed by atoms with E-state index in [9.17, 15) is 4.79 Å². The number of carbonyl (C=O) groups is 1. The van der Waals surface area contributed by atoms with Crippen molar-refractivity contribution in [2.75, 3.05) is 7.11 Å². The maximum atomic E-state index is 12.2. The van der Waals surface area contributed by atoms with Crippen LogP contribution in [0.3, 0.4) is 0 Å². The van der Waals surface area contributed by atoms with Crippen LogP contribution in [0.15, 0.2) is 48.7 Å². The number of rotatable bonds is 4. The van der Waals surface area contributed by atoms with Crippen molar-refractivity contribution in [3.63, 3.8) is 0 Å². The standard InChI is InChI=1S/C14H12BrNO2/c1-18-11-7-5-10(6-8-11)14(17)13(15)12-4-2-3-9-16-12/h2-9,13H,1H3. The van der Waals surface area contributed by atoms with Crippen molar-refractivity contribution in [3.8, 4) is 5.75 Å². The van der Waals surface area contributed by atoms with E-state index in [0.717, 1.165) is 5.75 Å². The lowest BCUT2D eigenvalue weighted by Crippen LogP contribution is -2.08. The van der Waals surface area contributed by atoms with Crippen molar-refractivity contribution in [1.29, 1.82) is 0 Å². The van der Waals surface area contributed by atoms with Crippen LogP contribution in [0.5, 0.6) is 5.75 Å². The van der Waals surface area contributed by atoms with Gasteiger partial charge in [0.2, 0.25) is 0 Å². The monoisotopic (exact) mass is 305 g/mol. The molecule has 0 saturated heterocycles. The van der Waals surface area contributed by atoms with E-state index in [1.54, 1.807) is 37.6 Å². The summed E-state index contributed by atoms with van der Waals surface area (Å²) in [5.74, 6) is 0.715. The lowest BCUT2D eigenvalue weighted by atomic mass is 10.1. The Balaban J connectivity index is 2.20. The van der Waals surface area contributed by atoms with Gasteiger partial charge in [0, 0.05) is 11.8 Å². The van der Waals surface area contributed by atoms with Gasteiger partial charge >= 0.3 is 0 Å². The Morgan fingerprint density at radius 3 is 2.50 bits per heavy atom. The number of pyridine rings is 1. The van der Waals surface area contributed by atoms with Crippen LogP contribution in [0.4, 0.5) is 0 Å². The van der Waals surface area contributed by atoms with E-state index in [0.29, 0.717) is 11.3 Å². The number of ketones is 1. The van der Waals surface area contributed by atoms with Crippen LogP contribution < -0.4 is 4.74 Å². The Labute approximate surface area is 114 Å². The first-order chi connectivity index (χ1) is 8.72. The first-order valence-electron chi connectivity index (χ1n) is 5.45. The summed E-state index contributed by atoms with van der Waals surface area (Å²) in [6, 6.07) is 12.5. The van der Waals surface area contributed by atoms with Gasteiger partial charge in [-0.05, 0) is 36.4 Å². The van der Waals surface area contributed by atoms with Crippen LogP contribution in [-0.4, -0.2) is 17.9 Å². The summed E-state index contributed by atoms with van der Waals surface area (Å²) in [5.41, 5.74) is 1.33. The van der Waals surface area contributed by atoms with Gasteiger partial charge in [-0.3, -0.25) is 9.78 Å². The molecule has 0 aliphatic heterocycles. The van der Waals surface area contributed by atoms with Crippen LogP contribution in [0, 0.1) is 0 Å². The molecule has 4 heteroatoms. The number of ether oxygens (including phenoxy) is 1. The van der Waals surface area contributed by atoms with Gasteiger partial charge in [0.1, 0.15) is 10.6 Å². The van der Waals surface area contributed by atoms with Gasteiger partial charge in [-0.2, -0.15) is 0 Å². The molecular weight excluding hydrogens is 294 g/mol. The van der Waals surface area contributed by atoms with Crippen molar-refractivity contribution in [2.24, 2.45) is 0 Å². The quantitative estimate of drug-likeness (QED) is 0.642. The molecular formula is C14H12BrNO2. The highest BCUT2D eigenvalue weighted by Crippen LogP contribution is 2.26. The van der Waals surface area contributed by atoms with E-state index in [1.165, 1.54) is 0 Å². The average molecular weight is 306 g/mol. The summed E-state index contributed by atoms with van der Waals surface area (Å²) < 4.78 is 5.06. The van der Waals surface area contributed by atoms with Gasteiger partial charge in [-0.1, -0.05) is 22.0 Å². The van der Waals surface area contributed by atoms with Gasteiger partial charge in [0.25, 0.3) is 0 Å². The van der Waals surface area contributed by atoms with Gasteiger partial charge in [-0.15, -0.1) is 0 Å². The maximum Gasteiger partial charge on any atom is 0.182 e. The van der Waals surface area contributed by atoms with E-state index >= 15 is 0 Å². The van der Waals surface area contributed by atoms with Crippen molar-refractivity contribution in [2.45, 2.75) is 4.83 Å². The Kier molecular flexibility index (Phi) is 4.10. The number of alkyl halides is 1. The van der Waals surface area contributed by atoms with Crippen molar-refractivity contribution >= 4 is 21.7 Å². The molecule has 0 saturated carbocycles. The van der Waals surface area contributed by atoms with E-state index in [2.05, 4.69) is 20.9 Å². The fraction of sp³-hybridized carbons (Fsp3) is 0.143. The molecule has 1 aromatic carbocycles. The average Bonchev–Trinajstić information content (AvgIpc) is 2.47. The number of aromatic nitrogens is 1. The zero-order valence-corrected chi connectivity index (χ0v) is 11.4. The molecule has 0 radical (unpaired) electrons. The first-order valence-corrected chi connectivity index (χ1v) is 6.37. The highest BCUT2D eigenvalue weighted by molar-refractivity contribution is 9.09. The largest absolute Gasteiger partial charge is 0.497 e. The minimum absolute atomic E-state index is 0.0173. The number of Topliss-reactive ketones (excluding diaryl/α,β-unsaturated/α-hetero) is 1. The Bertz CT molecular complexity index is 525. The van der Waals surface area contributed by atoms with E-state index < -0.39 is 4.83 Å². The summed E-state index contributed by atoms with van der Waals surface area (Å²) in [5, 5.41) is 0. The highest BCUT2D eigenvalue weighted by Gasteiger charge is 2.19. The SMILES string of the molecule is COc1ccc(C(=O)C(Br)c2ccccn2)cc1. The zero-order chi connectivity index (χ0) is 13.0. The second kappa shape index (κ2) is 5.78. The molecule has 0 spiro atoms. The third kappa shape index (κ3) is 2.76. The summed E-state index contributed by atoms with van der Waals surface area (Å²) in [4.78, 5) is 16.0. The molecule has 1 aromatic heterocycles. The molecule has 1 unspecified atom stereocenters. The van der Waals surface area contributed by atoms with Crippen LogP contribution in [0.25, 0.3) is 0 Å². The van der Waals surface area contributed by atoms with Crippen LogP contribution >= 0.6 is 15.9 Å². The second-order valence-corrected chi connectivity index (χ2v) is 4.63. The molecule has 1 heterocycles. The van der Waals surface area contributed by atoms with Gasteiger partial charge in [0.15, 0.2) is 5.78 Å². The number of halogens is 1. The molecule has 0 amide bonds. The fourth-order valence-electron chi connectivity index (χ4n) is 1.56. The van der Waals surface area contributed by atoms with Crippen LogP contribution in [0.2, 0.25) is 0 Å². The number of nitrogens with zero attached hydrogens (tertiary/aromatic N) is 1. The number of hydrogen-bond donors (Lipinski definition) is 0. The second-order valence-electron chi connectivity index (χ2n) is 3.71. The van der Waals surface area contributed by atoms with Gasteiger partial charge < -0.3 is 4.74 Å². The minimum atomic E-state index is -0.424. The summed E-state index contributed by atoms with van der Waals surface area (Å²) >= 11 is 3.38. The van der Waals surface area contributed by atoms with Crippen molar-refractivity contribution in [3.05, 3.63) is 59.9 Å². The molecule has 0 N–H and O–H groups in total. The highest BCUT2D eigenvalue weighted by atomic mass is 79.9. The van der Waals surface area contributed by atoms with E-state index in [-0.39, 0.29) is 5.78 Å². The summed E-state index contributed by atoms with van der Waals surface area (Å²) in [6.07, 6.45) is 1.67. The predicted octanol–water partition coefficient (Wildman–Crippen LogP) is 3.41. The topological polar surface area (TPSA) is 39.2 Å². The minimum Gasteiger partial charge on any atom is -0.497 e. The van der Waals surface area contributed by atoms with Gasteiger partial charge in [-0.25, -0.2) is 0 Å². The molecule has 18 heavy (non-hydrogen) atoms. The normalized spacial score (nSPS) is 11.9. The molecule has 92 valence electrons. The number of hydrogen-bond acceptors (Lipinski definition) is 3. The van der Waals surface area contributed by atoms with Crippen molar-refractivity contribution < 1.29 is 9.53 Å². The lowest BCUT2D eigenvalue weighted by Gasteiger charge is -2.08. The molecule has 0 bridgehead atoms. The fourth-order valence-corrected chi connectivity index (χ4v) is 2.10.